The van der Waals surface area contributed by atoms with Crippen molar-refractivity contribution in [3.05, 3.63) is 82.0 Å². The number of nitrogens with zero attached hydrogens (tertiary/aromatic N) is 5. The van der Waals surface area contributed by atoms with Crippen molar-refractivity contribution in [1.82, 2.24) is 24.8 Å². The fourth-order valence-corrected chi connectivity index (χ4v) is 5.80. The third kappa shape index (κ3) is 8.29. The lowest BCUT2D eigenvalue weighted by molar-refractivity contribution is 0.0206. The predicted molar refractivity (Wildman–Crippen MR) is 176 cm³/mol. The highest BCUT2D eigenvalue weighted by Gasteiger charge is 2.28. The maximum Gasteiger partial charge on any atom is 0.410 e. The SMILES string of the molecule is Cc1ccc(C(=O)N(C)Cc2ccccc2Cl)cc1Oc1ncsc1-c1ccnc(N[C@H]2CCCN(C(=O)OC(C)(C)C)C2)n1. The minimum Gasteiger partial charge on any atom is -0.444 e. The number of benzene rings is 2. The third-order valence-electron chi connectivity index (χ3n) is 7.18. The largest absolute Gasteiger partial charge is 0.444 e. The van der Waals surface area contributed by atoms with E-state index in [2.05, 4.69) is 15.3 Å². The molecule has 3 heterocycles. The Morgan fingerprint density at radius 2 is 1.96 bits per heavy atom. The number of amides is 2. The van der Waals surface area contributed by atoms with Crippen LogP contribution >= 0.6 is 22.9 Å². The molecule has 0 saturated carbocycles. The smallest absolute Gasteiger partial charge is 0.410 e. The van der Waals surface area contributed by atoms with Gasteiger partial charge in [-0.3, -0.25) is 4.79 Å². The molecule has 0 unspecified atom stereocenters. The summed E-state index contributed by atoms with van der Waals surface area (Å²) in [6.45, 7) is 9.03. The minimum atomic E-state index is -0.549. The van der Waals surface area contributed by atoms with Crippen LogP contribution in [-0.2, 0) is 11.3 Å². The Morgan fingerprint density at radius 3 is 2.73 bits per heavy atom. The number of aryl methyl sites for hydroxylation is 1. The summed E-state index contributed by atoms with van der Waals surface area (Å²) in [5.74, 6) is 1.21. The first-order valence-corrected chi connectivity index (χ1v) is 16.0. The number of hydrogen-bond donors (Lipinski definition) is 1. The Labute approximate surface area is 272 Å². The van der Waals surface area contributed by atoms with Crippen LogP contribution in [0.5, 0.6) is 11.6 Å². The van der Waals surface area contributed by atoms with Gasteiger partial charge in [0.15, 0.2) is 0 Å². The number of aromatic nitrogens is 3. The van der Waals surface area contributed by atoms with E-state index < -0.39 is 5.60 Å². The number of nitrogens with one attached hydrogen (secondary N) is 1. The lowest BCUT2D eigenvalue weighted by Gasteiger charge is -2.34. The second kappa shape index (κ2) is 13.8. The van der Waals surface area contributed by atoms with E-state index in [9.17, 15) is 9.59 Å². The average molecular weight is 649 g/mol. The molecule has 45 heavy (non-hydrogen) atoms. The van der Waals surface area contributed by atoms with Crippen molar-refractivity contribution in [2.75, 3.05) is 25.5 Å². The Hall–Kier alpha value is -4.22. The van der Waals surface area contributed by atoms with E-state index in [1.165, 1.54) is 11.3 Å². The standard InChI is InChI=1S/C33H37ClN6O4S/c1-21-12-13-22(30(41)39(5)18-23-9-6-7-11-25(23)34)17-27(21)43-29-28(45-20-36-29)26-14-15-35-31(38-26)37-24-10-8-16-40(19-24)32(42)44-33(2,3)4/h6-7,9,11-15,17,20,24H,8,10,16,18-19H2,1-5H3,(H,35,37,38)/t24-/m0/s1. The van der Waals surface area contributed by atoms with E-state index >= 15 is 0 Å². The number of anilines is 1. The highest BCUT2D eigenvalue weighted by Crippen LogP contribution is 2.36. The van der Waals surface area contributed by atoms with Crippen LogP contribution in [0.3, 0.4) is 0 Å². The number of ether oxygens (including phenoxy) is 2. The Bertz CT molecular complexity index is 1670. The van der Waals surface area contributed by atoms with Gasteiger partial charge >= 0.3 is 6.09 Å². The Morgan fingerprint density at radius 1 is 1.16 bits per heavy atom. The first-order valence-electron chi connectivity index (χ1n) is 14.8. The van der Waals surface area contributed by atoms with Crippen LogP contribution in [0.15, 0.2) is 60.2 Å². The molecule has 12 heteroatoms. The van der Waals surface area contributed by atoms with E-state index in [0.29, 0.717) is 53.5 Å². The van der Waals surface area contributed by atoms with Crippen LogP contribution in [0.2, 0.25) is 5.02 Å². The molecule has 0 bridgehead atoms. The van der Waals surface area contributed by atoms with Gasteiger partial charge in [0.1, 0.15) is 16.2 Å². The number of carbonyl (C=O) groups excluding carboxylic acids is 2. The van der Waals surface area contributed by atoms with Gasteiger partial charge < -0.3 is 24.6 Å². The summed E-state index contributed by atoms with van der Waals surface area (Å²) in [6.07, 6.45) is 3.09. The van der Waals surface area contributed by atoms with Gasteiger partial charge in [0.25, 0.3) is 5.91 Å². The molecule has 2 aromatic heterocycles. The highest BCUT2D eigenvalue weighted by atomic mass is 35.5. The Balaban J connectivity index is 1.28. The number of likely N-dealkylation sites (tertiary alicyclic amines) is 1. The highest BCUT2D eigenvalue weighted by molar-refractivity contribution is 7.13. The molecule has 1 aliphatic rings. The van der Waals surface area contributed by atoms with E-state index in [1.807, 2.05) is 58.0 Å². The van der Waals surface area contributed by atoms with Crippen LogP contribution in [0.1, 0.15) is 55.1 Å². The molecule has 2 aromatic carbocycles. The van der Waals surface area contributed by atoms with Crippen molar-refractivity contribution >= 4 is 40.9 Å². The van der Waals surface area contributed by atoms with Gasteiger partial charge in [-0.1, -0.05) is 35.9 Å². The second-order valence-corrected chi connectivity index (χ2v) is 13.3. The van der Waals surface area contributed by atoms with Gasteiger partial charge in [-0.2, -0.15) is 0 Å². The normalized spacial score (nSPS) is 15.0. The summed E-state index contributed by atoms with van der Waals surface area (Å²) >= 11 is 7.71. The number of halogens is 1. The molecule has 1 N–H and O–H groups in total. The van der Waals surface area contributed by atoms with Gasteiger partial charge in [0.05, 0.1) is 11.2 Å². The first kappa shape index (κ1) is 32.2. The molecule has 0 spiro atoms. The molecule has 4 aromatic rings. The topological polar surface area (TPSA) is 110 Å². The number of rotatable bonds is 8. The van der Waals surface area contributed by atoms with Gasteiger partial charge in [0, 0.05) is 49.5 Å². The zero-order valence-electron chi connectivity index (χ0n) is 26.0. The monoisotopic (exact) mass is 648 g/mol. The first-order chi connectivity index (χ1) is 21.5. The van der Waals surface area contributed by atoms with Crippen LogP contribution in [0.4, 0.5) is 10.7 Å². The molecule has 2 amide bonds. The third-order valence-corrected chi connectivity index (χ3v) is 8.38. The van der Waals surface area contributed by atoms with Crippen LogP contribution in [0.25, 0.3) is 10.6 Å². The average Bonchev–Trinajstić information content (AvgIpc) is 3.47. The number of thiazole rings is 1. The molecule has 10 nitrogen and oxygen atoms in total. The second-order valence-electron chi connectivity index (χ2n) is 12.0. The summed E-state index contributed by atoms with van der Waals surface area (Å²) in [5.41, 5.74) is 4.01. The molecular formula is C33H37ClN6O4S. The van der Waals surface area contributed by atoms with Gasteiger partial charge in [0.2, 0.25) is 11.8 Å². The molecule has 1 saturated heterocycles. The number of hydrogen-bond acceptors (Lipinski definition) is 9. The maximum atomic E-state index is 13.3. The molecular weight excluding hydrogens is 612 g/mol. The van der Waals surface area contributed by atoms with Crippen molar-refractivity contribution in [3.63, 3.8) is 0 Å². The van der Waals surface area contributed by atoms with Crippen LogP contribution in [-0.4, -0.2) is 68.5 Å². The number of piperidine rings is 1. The van der Waals surface area contributed by atoms with E-state index in [0.717, 1.165) is 28.8 Å². The minimum absolute atomic E-state index is 0.0160. The van der Waals surface area contributed by atoms with Crippen molar-refractivity contribution in [2.45, 2.75) is 58.7 Å². The summed E-state index contributed by atoms with van der Waals surface area (Å²) in [6, 6.07) is 14.6. The molecule has 0 aliphatic carbocycles. The molecule has 0 radical (unpaired) electrons. The van der Waals surface area contributed by atoms with Crippen LogP contribution < -0.4 is 10.1 Å². The van der Waals surface area contributed by atoms with E-state index in [4.69, 9.17) is 26.1 Å². The van der Waals surface area contributed by atoms with Crippen molar-refractivity contribution < 1.29 is 19.1 Å². The van der Waals surface area contributed by atoms with Gasteiger partial charge in [-0.05, 0) is 75.9 Å². The summed E-state index contributed by atoms with van der Waals surface area (Å²) < 4.78 is 11.8. The summed E-state index contributed by atoms with van der Waals surface area (Å²) in [7, 11) is 1.74. The molecule has 1 aliphatic heterocycles. The maximum absolute atomic E-state index is 13.3. The zero-order chi connectivity index (χ0) is 32.1. The fourth-order valence-electron chi connectivity index (χ4n) is 4.92. The van der Waals surface area contributed by atoms with E-state index in [-0.39, 0.29) is 18.0 Å². The fraction of sp³-hybridized carbons (Fsp3) is 0.364. The van der Waals surface area contributed by atoms with Crippen molar-refractivity contribution in [3.8, 4) is 22.2 Å². The van der Waals surface area contributed by atoms with Crippen molar-refractivity contribution in [1.29, 1.82) is 0 Å². The van der Waals surface area contributed by atoms with Crippen molar-refractivity contribution in [2.24, 2.45) is 0 Å². The predicted octanol–water partition coefficient (Wildman–Crippen LogP) is 7.44. The lowest BCUT2D eigenvalue weighted by atomic mass is 10.1. The number of carbonyl (C=O) groups is 2. The summed E-state index contributed by atoms with van der Waals surface area (Å²) in [5, 5.41) is 4.00. The lowest BCUT2D eigenvalue weighted by Crippen LogP contribution is -2.47. The molecule has 236 valence electrons. The van der Waals surface area contributed by atoms with Crippen LogP contribution in [0, 0.1) is 6.92 Å². The molecule has 5 rings (SSSR count). The van der Waals surface area contributed by atoms with Gasteiger partial charge in [-0.15, -0.1) is 11.3 Å². The van der Waals surface area contributed by atoms with E-state index in [1.54, 1.807) is 46.8 Å². The molecule has 1 fully saturated rings. The summed E-state index contributed by atoms with van der Waals surface area (Å²) in [4.78, 5) is 43.6. The molecule has 1 atom stereocenters. The van der Waals surface area contributed by atoms with Gasteiger partial charge in [-0.25, -0.2) is 19.7 Å². The Kier molecular flexibility index (Phi) is 9.89. The zero-order valence-corrected chi connectivity index (χ0v) is 27.6. The quantitative estimate of drug-likeness (QED) is 0.210.